The van der Waals surface area contributed by atoms with E-state index in [1.807, 2.05) is 11.4 Å². The molecule has 0 bridgehead atoms. The molecule has 0 radical (unpaired) electrons. The second-order valence-corrected chi connectivity index (χ2v) is 9.47. The van der Waals surface area contributed by atoms with E-state index in [-0.39, 0.29) is 37.5 Å². The molecule has 0 fully saturated rings. The molecule has 0 saturated heterocycles. The Morgan fingerprint density at radius 3 is 2.86 bits per heavy atom. The van der Waals surface area contributed by atoms with Crippen LogP contribution >= 0.6 is 22.9 Å². The molecule has 0 spiro atoms. The van der Waals surface area contributed by atoms with Crippen LogP contribution in [0.25, 0.3) is 0 Å². The number of anilines is 1. The smallest absolute Gasteiger partial charge is 0.322 e. The number of nitrogens with zero attached hydrogens (tertiary/aromatic N) is 2. The minimum Gasteiger partial charge on any atom is -0.491 e. The van der Waals surface area contributed by atoms with Crippen LogP contribution in [0.5, 0.6) is 5.75 Å². The Balaban J connectivity index is 1.48. The fourth-order valence-electron chi connectivity index (χ4n) is 4.00. The van der Waals surface area contributed by atoms with Crippen molar-refractivity contribution in [1.82, 2.24) is 9.80 Å². The van der Waals surface area contributed by atoms with Crippen LogP contribution in [0.2, 0.25) is 5.02 Å². The molecule has 6 nitrogen and oxygen atoms in total. The molecule has 4 rings (SSSR count). The summed E-state index contributed by atoms with van der Waals surface area (Å²) in [5.41, 5.74) is 1.55. The van der Waals surface area contributed by atoms with E-state index in [1.165, 1.54) is 21.9 Å². The number of urea groups is 1. The van der Waals surface area contributed by atoms with Crippen molar-refractivity contribution in [2.24, 2.45) is 0 Å². The molecular weight excluding hydrogens is 489 g/mol. The molecule has 0 saturated carbocycles. The lowest BCUT2D eigenvalue weighted by molar-refractivity contribution is -0.135. The van der Waals surface area contributed by atoms with Crippen LogP contribution in [-0.2, 0) is 11.2 Å². The van der Waals surface area contributed by atoms with Gasteiger partial charge in [-0.05, 0) is 53.8 Å². The van der Waals surface area contributed by atoms with Crippen molar-refractivity contribution in [2.45, 2.75) is 12.5 Å². The van der Waals surface area contributed by atoms with Crippen LogP contribution in [0.4, 0.5) is 14.9 Å². The topological polar surface area (TPSA) is 61.9 Å². The minimum atomic E-state index is -0.429. The molecule has 3 aromatic rings. The van der Waals surface area contributed by atoms with Gasteiger partial charge in [-0.3, -0.25) is 4.79 Å². The van der Waals surface area contributed by atoms with Crippen molar-refractivity contribution in [3.05, 3.63) is 93.9 Å². The van der Waals surface area contributed by atoms with E-state index in [0.717, 1.165) is 12.0 Å². The van der Waals surface area contributed by atoms with E-state index in [4.69, 9.17) is 16.3 Å². The summed E-state index contributed by atoms with van der Waals surface area (Å²) in [6.45, 7) is 4.46. The van der Waals surface area contributed by atoms with Gasteiger partial charge in [-0.15, -0.1) is 17.9 Å². The summed E-state index contributed by atoms with van der Waals surface area (Å²) in [5.74, 6) is -0.201. The van der Waals surface area contributed by atoms with Gasteiger partial charge in [-0.2, -0.15) is 0 Å². The van der Waals surface area contributed by atoms with Crippen LogP contribution in [0.3, 0.4) is 0 Å². The first-order valence-corrected chi connectivity index (χ1v) is 12.4. The highest BCUT2D eigenvalue weighted by Crippen LogP contribution is 2.34. The summed E-state index contributed by atoms with van der Waals surface area (Å²) in [5, 5.41) is 5.27. The number of thiophene rings is 1. The molecule has 1 unspecified atom stereocenters. The summed E-state index contributed by atoms with van der Waals surface area (Å²) in [6, 6.07) is 13.9. The van der Waals surface area contributed by atoms with Crippen LogP contribution in [0.1, 0.15) is 16.5 Å². The Hall–Kier alpha value is -3.36. The van der Waals surface area contributed by atoms with Gasteiger partial charge in [0.05, 0.1) is 6.04 Å². The molecule has 35 heavy (non-hydrogen) atoms. The number of benzene rings is 2. The largest absolute Gasteiger partial charge is 0.491 e. The van der Waals surface area contributed by atoms with Crippen LogP contribution in [0.15, 0.2) is 72.6 Å². The van der Waals surface area contributed by atoms with E-state index in [1.54, 1.807) is 58.7 Å². The molecule has 182 valence electrons. The van der Waals surface area contributed by atoms with Gasteiger partial charge >= 0.3 is 6.03 Å². The highest BCUT2D eigenvalue weighted by Gasteiger charge is 2.33. The number of carbonyl (C=O) groups excluding carboxylic acids is 2. The molecule has 1 aliphatic rings. The first kappa shape index (κ1) is 24.8. The molecule has 1 atom stereocenters. The summed E-state index contributed by atoms with van der Waals surface area (Å²) in [7, 11) is 0. The third kappa shape index (κ3) is 6.21. The monoisotopic (exact) mass is 513 g/mol. The van der Waals surface area contributed by atoms with Gasteiger partial charge in [0.2, 0.25) is 5.91 Å². The van der Waals surface area contributed by atoms with Gasteiger partial charge in [0.15, 0.2) is 0 Å². The first-order chi connectivity index (χ1) is 16.9. The average Bonchev–Trinajstić information content (AvgIpc) is 3.31. The van der Waals surface area contributed by atoms with Crippen LogP contribution < -0.4 is 10.1 Å². The Kier molecular flexibility index (Phi) is 8.05. The van der Waals surface area contributed by atoms with Gasteiger partial charge in [0, 0.05) is 34.7 Å². The number of amides is 3. The van der Waals surface area contributed by atoms with Crippen molar-refractivity contribution < 1.29 is 18.7 Å². The highest BCUT2D eigenvalue weighted by molar-refractivity contribution is 7.10. The minimum absolute atomic E-state index is 0.131. The first-order valence-electron chi connectivity index (χ1n) is 11.1. The maximum absolute atomic E-state index is 13.6. The Morgan fingerprint density at radius 2 is 2.09 bits per heavy atom. The van der Waals surface area contributed by atoms with Gasteiger partial charge in [-0.25, -0.2) is 9.18 Å². The van der Waals surface area contributed by atoms with Crippen molar-refractivity contribution in [2.75, 3.05) is 31.6 Å². The quantitative estimate of drug-likeness (QED) is 0.389. The zero-order chi connectivity index (χ0) is 24.8. The highest BCUT2D eigenvalue weighted by atomic mass is 35.5. The molecule has 3 amide bonds. The number of carbonyl (C=O) groups is 2. The van der Waals surface area contributed by atoms with E-state index in [2.05, 4.69) is 11.9 Å². The standard InChI is InChI=1S/C26H25ClFN3O3S/c1-2-11-30(26(33)29-20-7-3-5-18(27)14-20)16-25(32)31-12-9-24-22(10-13-35-24)23(31)17-34-21-8-4-6-19(28)15-21/h2-8,10,13-15,23H,1,9,11-12,16-17H2,(H,29,33). The van der Waals surface area contributed by atoms with Gasteiger partial charge in [0.25, 0.3) is 0 Å². The van der Waals surface area contributed by atoms with Crippen molar-refractivity contribution in [3.63, 3.8) is 0 Å². The average molecular weight is 514 g/mol. The molecule has 1 N–H and O–H groups in total. The predicted octanol–water partition coefficient (Wildman–Crippen LogP) is 5.77. The number of nitrogens with one attached hydrogen (secondary N) is 1. The summed E-state index contributed by atoms with van der Waals surface area (Å²) >= 11 is 7.66. The molecule has 0 aliphatic carbocycles. The number of rotatable bonds is 8. The SMILES string of the molecule is C=CCN(CC(=O)N1CCc2sccc2C1COc1cccc(F)c1)C(=O)Nc1cccc(Cl)c1. The van der Waals surface area contributed by atoms with Gasteiger partial charge in [-0.1, -0.05) is 29.8 Å². The van der Waals surface area contributed by atoms with Crippen LogP contribution in [-0.4, -0.2) is 48.0 Å². The van der Waals surface area contributed by atoms with E-state index in [9.17, 15) is 14.0 Å². The lowest BCUT2D eigenvalue weighted by atomic mass is 10.0. The predicted molar refractivity (Wildman–Crippen MR) is 137 cm³/mol. The molecule has 2 aromatic carbocycles. The summed E-state index contributed by atoms with van der Waals surface area (Å²) in [4.78, 5) is 30.7. The zero-order valence-corrected chi connectivity index (χ0v) is 20.5. The molecule has 1 aliphatic heterocycles. The number of halogens is 2. The van der Waals surface area contributed by atoms with E-state index in [0.29, 0.717) is 23.0 Å². The summed E-state index contributed by atoms with van der Waals surface area (Å²) < 4.78 is 19.5. The number of fused-ring (bicyclic) bond motifs is 1. The van der Waals surface area contributed by atoms with Crippen molar-refractivity contribution in [3.8, 4) is 5.75 Å². The molecule has 9 heteroatoms. The third-order valence-corrected chi connectivity index (χ3v) is 6.89. The molecule has 2 heterocycles. The lowest BCUT2D eigenvalue weighted by Gasteiger charge is -2.37. The van der Waals surface area contributed by atoms with Crippen molar-refractivity contribution >= 4 is 40.6 Å². The summed E-state index contributed by atoms with van der Waals surface area (Å²) in [6.07, 6.45) is 2.30. The number of hydrogen-bond donors (Lipinski definition) is 1. The van der Waals surface area contributed by atoms with Crippen molar-refractivity contribution in [1.29, 1.82) is 0 Å². The van der Waals surface area contributed by atoms with E-state index >= 15 is 0 Å². The molecule has 1 aromatic heterocycles. The fourth-order valence-corrected chi connectivity index (χ4v) is 5.12. The maximum Gasteiger partial charge on any atom is 0.322 e. The lowest BCUT2D eigenvalue weighted by Crippen LogP contribution is -2.48. The second-order valence-electron chi connectivity index (χ2n) is 8.03. The zero-order valence-electron chi connectivity index (χ0n) is 19.0. The Morgan fingerprint density at radius 1 is 1.26 bits per heavy atom. The Bertz CT molecular complexity index is 1220. The number of ether oxygens (including phenoxy) is 1. The fraction of sp³-hybridized carbons (Fsp3) is 0.231. The van der Waals surface area contributed by atoms with Crippen LogP contribution in [0, 0.1) is 5.82 Å². The molecular formula is C26H25ClFN3O3S. The number of hydrogen-bond acceptors (Lipinski definition) is 4. The maximum atomic E-state index is 13.6. The third-order valence-electron chi connectivity index (χ3n) is 5.66. The second kappa shape index (κ2) is 11.4. The van der Waals surface area contributed by atoms with Gasteiger partial charge in [0.1, 0.15) is 24.7 Å². The van der Waals surface area contributed by atoms with E-state index < -0.39 is 6.03 Å². The van der Waals surface area contributed by atoms with Gasteiger partial charge < -0.3 is 19.9 Å². The Labute approximate surface area is 212 Å². The normalized spacial score (nSPS) is 14.7.